The first kappa shape index (κ1) is 26.1. The summed E-state index contributed by atoms with van der Waals surface area (Å²) in [4.78, 5) is 28.9. The number of carbonyl (C=O) groups is 2. The summed E-state index contributed by atoms with van der Waals surface area (Å²) in [7, 11) is 0. The molecule has 4 rings (SSSR count). The average Bonchev–Trinajstić information content (AvgIpc) is 3.25. The van der Waals surface area contributed by atoms with Gasteiger partial charge in [0.15, 0.2) is 11.4 Å². The molecule has 1 aromatic heterocycles. The number of aromatic nitrogens is 1. The van der Waals surface area contributed by atoms with Gasteiger partial charge in [-0.3, -0.25) is 4.79 Å². The number of ether oxygens (including phenoxy) is 1. The van der Waals surface area contributed by atoms with Crippen molar-refractivity contribution in [2.24, 2.45) is 0 Å². The fraction of sp³-hybridized carbons (Fsp3) is 0.267. The molecule has 1 heterocycles. The van der Waals surface area contributed by atoms with E-state index >= 15 is 0 Å². The van der Waals surface area contributed by atoms with Crippen LogP contribution in [0.15, 0.2) is 78.9 Å². The highest BCUT2D eigenvalue weighted by molar-refractivity contribution is 6.07. The summed E-state index contributed by atoms with van der Waals surface area (Å²) in [6, 6.07) is 24.0. The van der Waals surface area contributed by atoms with E-state index in [-0.39, 0.29) is 18.0 Å². The van der Waals surface area contributed by atoms with Crippen molar-refractivity contribution in [2.75, 3.05) is 26.2 Å². The molecule has 0 fully saturated rings. The Morgan fingerprint density at radius 2 is 1.59 bits per heavy atom. The molecule has 37 heavy (non-hydrogen) atoms. The standard InChI is InChI=1S/C30H33N3O4/c1-4-32(5-2)20-24(34)19-31-29(35)27-28(37-30(36)22-17-15-21(3)16-18-22)25-13-9-10-14-26(25)33(27)23-11-7-6-8-12-23/h6-18,24,34H,4-5,19-20H2,1-3H3,(H,31,35). The number of likely N-dealkylation sites (N-methyl/N-ethyl adjacent to an activating group) is 1. The molecule has 7 heteroatoms. The zero-order chi connectivity index (χ0) is 26.4. The number of rotatable bonds is 10. The van der Waals surface area contributed by atoms with Crippen molar-refractivity contribution in [1.82, 2.24) is 14.8 Å². The van der Waals surface area contributed by atoms with Crippen LogP contribution in [-0.2, 0) is 0 Å². The molecule has 4 aromatic rings. The number of para-hydroxylation sites is 2. The Morgan fingerprint density at radius 1 is 0.946 bits per heavy atom. The fourth-order valence-corrected chi connectivity index (χ4v) is 4.34. The second kappa shape index (κ2) is 11.9. The lowest BCUT2D eigenvalue weighted by atomic mass is 10.1. The Morgan fingerprint density at radius 3 is 2.27 bits per heavy atom. The van der Waals surface area contributed by atoms with Crippen LogP contribution in [0.1, 0.15) is 40.3 Å². The van der Waals surface area contributed by atoms with Crippen molar-refractivity contribution in [1.29, 1.82) is 0 Å². The van der Waals surface area contributed by atoms with Crippen molar-refractivity contribution in [3.8, 4) is 11.4 Å². The van der Waals surface area contributed by atoms with Crippen LogP contribution in [0.3, 0.4) is 0 Å². The highest BCUT2D eigenvalue weighted by Gasteiger charge is 2.27. The Hall–Kier alpha value is -3.94. The third-order valence-corrected chi connectivity index (χ3v) is 6.40. The van der Waals surface area contributed by atoms with Gasteiger partial charge in [-0.2, -0.15) is 0 Å². The summed E-state index contributed by atoms with van der Waals surface area (Å²) < 4.78 is 7.71. The summed E-state index contributed by atoms with van der Waals surface area (Å²) in [5.74, 6) is -0.808. The third kappa shape index (κ3) is 5.90. The molecule has 0 aliphatic carbocycles. The van der Waals surface area contributed by atoms with Gasteiger partial charge in [0.05, 0.1) is 17.2 Å². The fourth-order valence-electron chi connectivity index (χ4n) is 4.34. The Labute approximate surface area is 217 Å². The topological polar surface area (TPSA) is 83.8 Å². The van der Waals surface area contributed by atoms with Crippen LogP contribution in [0.5, 0.6) is 5.75 Å². The average molecular weight is 500 g/mol. The summed E-state index contributed by atoms with van der Waals surface area (Å²) in [6.45, 7) is 8.14. The van der Waals surface area contributed by atoms with Gasteiger partial charge in [0.1, 0.15) is 0 Å². The highest BCUT2D eigenvalue weighted by atomic mass is 16.5. The van der Waals surface area contributed by atoms with E-state index in [0.717, 1.165) is 29.9 Å². The Bertz CT molecular complexity index is 1360. The lowest BCUT2D eigenvalue weighted by Gasteiger charge is -2.22. The predicted octanol–water partition coefficient (Wildman–Crippen LogP) is 4.59. The predicted molar refractivity (Wildman–Crippen MR) is 146 cm³/mol. The number of aryl methyl sites for hydroxylation is 1. The van der Waals surface area contributed by atoms with Crippen LogP contribution in [0, 0.1) is 6.92 Å². The third-order valence-electron chi connectivity index (χ3n) is 6.40. The van der Waals surface area contributed by atoms with Crippen molar-refractivity contribution in [3.05, 3.63) is 95.7 Å². The maximum atomic E-state index is 13.7. The summed E-state index contributed by atoms with van der Waals surface area (Å²) in [5.41, 5.74) is 3.10. The number of aliphatic hydroxyl groups excluding tert-OH is 1. The normalized spacial score (nSPS) is 12.0. The molecule has 0 radical (unpaired) electrons. The van der Waals surface area contributed by atoms with E-state index in [2.05, 4.69) is 10.2 Å². The highest BCUT2D eigenvalue weighted by Crippen LogP contribution is 2.36. The lowest BCUT2D eigenvalue weighted by molar-refractivity contribution is 0.0732. The maximum Gasteiger partial charge on any atom is 0.343 e. The molecule has 3 aromatic carbocycles. The van der Waals surface area contributed by atoms with E-state index in [9.17, 15) is 14.7 Å². The first-order chi connectivity index (χ1) is 17.9. The van der Waals surface area contributed by atoms with Crippen molar-refractivity contribution >= 4 is 22.8 Å². The van der Waals surface area contributed by atoms with Gasteiger partial charge in [0, 0.05) is 24.2 Å². The van der Waals surface area contributed by atoms with E-state index in [1.807, 2.05) is 87.5 Å². The molecule has 0 aliphatic rings. The molecule has 1 amide bonds. The Balaban J connectivity index is 1.75. The zero-order valence-electron chi connectivity index (χ0n) is 21.5. The lowest BCUT2D eigenvalue weighted by Crippen LogP contribution is -2.40. The van der Waals surface area contributed by atoms with Gasteiger partial charge in [0.25, 0.3) is 5.91 Å². The first-order valence-corrected chi connectivity index (χ1v) is 12.6. The second-order valence-electron chi connectivity index (χ2n) is 8.97. The molecular formula is C30H33N3O4. The number of carbonyl (C=O) groups excluding carboxylic acids is 2. The number of nitrogens with one attached hydrogen (secondary N) is 1. The van der Waals surface area contributed by atoms with Gasteiger partial charge < -0.3 is 24.6 Å². The van der Waals surface area contributed by atoms with E-state index in [1.54, 1.807) is 16.7 Å². The monoisotopic (exact) mass is 499 g/mol. The van der Waals surface area contributed by atoms with Gasteiger partial charge in [0.2, 0.25) is 0 Å². The van der Waals surface area contributed by atoms with Gasteiger partial charge in [-0.1, -0.05) is 61.9 Å². The summed E-state index contributed by atoms with van der Waals surface area (Å²) >= 11 is 0. The van der Waals surface area contributed by atoms with Crippen LogP contribution >= 0.6 is 0 Å². The largest absolute Gasteiger partial charge is 0.420 e. The first-order valence-electron chi connectivity index (χ1n) is 12.6. The van der Waals surface area contributed by atoms with Crippen LogP contribution in [0.25, 0.3) is 16.6 Å². The SMILES string of the molecule is CCN(CC)CC(O)CNC(=O)c1c(OC(=O)c2ccc(C)cc2)c2ccccc2n1-c1ccccc1. The van der Waals surface area contributed by atoms with Crippen LogP contribution < -0.4 is 10.1 Å². The van der Waals surface area contributed by atoms with Gasteiger partial charge in [-0.05, 0) is 56.4 Å². The minimum Gasteiger partial charge on any atom is -0.420 e. The molecule has 0 aliphatic heterocycles. The molecule has 1 atom stereocenters. The van der Waals surface area contributed by atoms with Crippen molar-refractivity contribution in [2.45, 2.75) is 26.9 Å². The minimum absolute atomic E-state index is 0.0665. The van der Waals surface area contributed by atoms with E-state index in [0.29, 0.717) is 17.5 Å². The molecule has 7 nitrogen and oxygen atoms in total. The minimum atomic E-state index is -0.739. The number of hydrogen-bond donors (Lipinski definition) is 2. The maximum absolute atomic E-state index is 13.7. The second-order valence-corrected chi connectivity index (χ2v) is 8.97. The molecule has 0 saturated heterocycles. The molecular weight excluding hydrogens is 466 g/mol. The molecule has 0 spiro atoms. The summed E-state index contributed by atoms with van der Waals surface area (Å²) in [5, 5.41) is 14.0. The van der Waals surface area contributed by atoms with Gasteiger partial charge in [-0.15, -0.1) is 0 Å². The quantitative estimate of drug-likeness (QED) is 0.312. The number of fused-ring (bicyclic) bond motifs is 1. The molecule has 192 valence electrons. The smallest absolute Gasteiger partial charge is 0.343 e. The van der Waals surface area contributed by atoms with Crippen LogP contribution in [0.4, 0.5) is 0 Å². The number of esters is 1. The number of amides is 1. The van der Waals surface area contributed by atoms with E-state index in [1.165, 1.54) is 0 Å². The number of benzene rings is 3. The summed E-state index contributed by atoms with van der Waals surface area (Å²) in [6.07, 6.45) is -0.739. The molecule has 2 N–H and O–H groups in total. The molecule has 0 bridgehead atoms. The van der Waals surface area contributed by atoms with Crippen LogP contribution in [0.2, 0.25) is 0 Å². The Kier molecular flexibility index (Phi) is 8.38. The van der Waals surface area contributed by atoms with Gasteiger partial charge in [-0.25, -0.2) is 4.79 Å². The van der Waals surface area contributed by atoms with E-state index in [4.69, 9.17) is 4.74 Å². The molecule has 0 saturated carbocycles. The zero-order valence-corrected chi connectivity index (χ0v) is 21.5. The number of hydrogen-bond acceptors (Lipinski definition) is 5. The number of nitrogens with zero attached hydrogens (tertiary/aromatic N) is 2. The molecule has 1 unspecified atom stereocenters. The van der Waals surface area contributed by atoms with Crippen LogP contribution in [-0.4, -0.2) is 58.7 Å². The van der Waals surface area contributed by atoms with E-state index < -0.39 is 18.0 Å². The van der Waals surface area contributed by atoms with Crippen molar-refractivity contribution < 1.29 is 19.4 Å². The van der Waals surface area contributed by atoms with Gasteiger partial charge >= 0.3 is 5.97 Å². The van der Waals surface area contributed by atoms with Crippen molar-refractivity contribution in [3.63, 3.8) is 0 Å². The number of aliphatic hydroxyl groups is 1.